The minimum atomic E-state index is -0.342. The average molecular weight is 347 g/mol. The fourth-order valence-corrected chi connectivity index (χ4v) is 2.60. The molecule has 5 nitrogen and oxygen atoms in total. The summed E-state index contributed by atoms with van der Waals surface area (Å²) >= 11 is 5.83. The van der Waals surface area contributed by atoms with Crippen LogP contribution in [-0.2, 0) is 4.74 Å². The van der Waals surface area contributed by atoms with Gasteiger partial charge in [0.1, 0.15) is 12.4 Å². The van der Waals surface area contributed by atoms with Gasteiger partial charge >= 0.3 is 6.03 Å². The van der Waals surface area contributed by atoms with E-state index in [9.17, 15) is 4.79 Å². The summed E-state index contributed by atoms with van der Waals surface area (Å²) in [6, 6.07) is 13.9. The maximum Gasteiger partial charge on any atom is 0.323 e. The largest absolute Gasteiger partial charge is 0.489 e. The second kappa shape index (κ2) is 8.04. The normalized spacial score (nSPS) is 16.6. The Hall–Kier alpha value is -2.24. The minimum Gasteiger partial charge on any atom is -0.489 e. The summed E-state index contributed by atoms with van der Waals surface area (Å²) in [5, 5.41) is 6.17. The lowest BCUT2D eigenvalue weighted by atomic mass is 10.2. The Kier molecular flexibility index (Phi) is 5.56. The molecule has 3 rings (SSSR count). The Morgan fingerprint density at radius 2 is 1.96 bits per heavy atom. The van der Waals surface area contributed by atoms with Gasteiger partial charge in [-0.15, -0.1) is 0 Å². The van der Waals surface area contributed by atoms with E-state index in [-0.39, 0.29) is 12.1 Å². The van der Waals surface area contributed by atoms with Gasteiger partial charge < -0.3 is 20.1 Å². The van der Waals surface area contributed by atoms with Crippen LogP contribution >= 0.6 is 11.6 Å². The van der Waals surface area contributed by atoms with E-state index in [4.69, 9.17) is 21.1 Å². The molecule has 1 aliphatic heterocycles. The number of halogens is 1. The van der Waals surface area contributed by atoms with Crippen molar-refractivity contribution in [1.29, 1.82) is 0 Å². The van der Waals surface area contributed by atoms with Crippen molar-refractivity contribution in [2.75, 3.05) is 23.8 Å². The third-order valence-electron chi connectivity index (χ3n) is 3.69. The number of benzene rings is 2. The van der Waals surface area contributed by atoms with Crippen LogP contribution in [0.2, 0.25) is 5.02 Å². The van der Waals surface area contributed by atoms with E-state index >= 15 is 0 Å². The summed E-state index contributed by atoms with van der Waals surface area (Å²) in [5.41, 5.74) is 1.27. The summed E-state index contributed by atoms with van der Waals surface area (Å²) in [4.78, 5) is 12.1. The van der Waals surface area contributed by atoms with Crippen molar-refractivity contribution in [2.45, 2.75) is 18.9 Å². The molecule has 6 heteroatoms. The summed E-state index contributed by atoms with van der Waals surface area (Å²) in [6.45, 7) is 1.27. The van der Waals surface area contributed by atoms with Crippen LogP contribution in [0.3, 0.4) is 0 Å². The van der Waals surface area contributed by atoms with E-state index in [1.807, 2.05) is 18.2 Å². The molecular formula is C18H19ClN2O3. The number of anilines is 2. The van der Waals surface area contributed by atoms with Crippen molar-refractivity contribution in [2.24, 2.45) is 0 Å². The molecule has 0 saturated carbocycles. The van der Waals surface area contributed by atoms with Gasteiger partial charge in [-0.1, -0.05) is 23.7 Å². The molecule has 2 aromatic rings. The number of hydrogen-bond acceptors (Lipinski definition) is 3. The fourth-order valence-electron chi connectivity index (χ4n) is 2.47. The Morgan fingerprint density at radius 3 is 2.71 bits per heavy atom. The van der Waals surface area contributed by atoms with E-state index in [0.29, 0.717) is 28.8 Å². The molecule has 1 fully saturated rings. The SMILES string of the molecule is O=C(Nc1ccc(Cl)cc1)Nc1ccccc1OCC1CCCO1. The van der Waals surface area contributed by atoms with Gasteiger partial charge in [0.05, 0.1) is 11.8 Å². The highest BCUT2D eigenvalue weighted by Gasteiger charge is 2.17. The predicted molar refractivity (Wildman–Crippen MR) is 95.0 cm³/mol. The monoisotopic (exact) mass is 346 g/mol. The van der Waals surface area contributed by atoms with Crippen LogP contribution in [0.5, 0.6) is 5.75 Å². The molecular weight excluding hydrogens is 328 g/mol. The molecule has 2 aromatic carbocycles. The van der Waals surface area contributed by atoms with E-state index < -0.39 is 0 Å². The summed E-state index contributed by atoms with van der Waals surface area (Å²) < 4.78 is 11.4. The number of ether oxygens (including phenoxy) is 2. The van der Waals surface area contributed by atoms with E-state index in [0.717, 1.165) is 19.4 Å². The number of carbonyl (C=O) groups is 1. The van der Waals surface area contributed by atoms with Gasteiger partial charge in [0, 0.05) is 17.3 Å². The zero-order valence-corrected chi connectivity index (χ0v) is 13.9. The highest BCUT2D eigenvalue weighted by atomic mass is 35.5. The molecule has 1 saturated heterocycles. The first-order chi connectivity index (χ1) is 11.7. The number of rotatable bonds is 5. The van der Waals surface area contributed by atoms with Gasteiger partial charge in [0.2, 0.25) is 0 Å². The summed E-state index contributed by atoms with van der Waals surface area (Å²) in [5.74, 6) is 0.624. The van der Waals surface area contributed by atoms with E-state index in [1.165, 1.54) is 0 Å². The molecule has 0 radical (unpaired) electrons. The molecule has 0 bridgehead atoms. The average Bonchev–Trinajstić information content (AvgIpc) is 3.10. The number of urea groups is 1. The van der Waals surface area contributed by atoms with Crippen molar-refractivity contribution in [3.8, 4) is 5.75 Å². The third-order valence-corrected chi connectivity index (χ3v) is 3.94. The van der Waals surface area contributed by atoms with Crippen molar-refractivity contribution in [1.82, 2.24) is 0 Å². The highest BCUT2D eigenvalue weighted by Crippen LogP contribution is 2.25. The van der Waals surface area contributed by atoms with E-state index in [2.05, 4.69) is 10.6 Å². The van der Waals surface area contributed by atoms with Crippen LogP contribution in [0.1, 0.15) is 12.8 Å². The van der Waals surface area contributed by atoms with Crippen molar-refractivity contribution < 1.29 is 14.3 Å². The molecule has 24 heavy (non-hydrogen) atoms. The van der Waals surface area contributed by atoms with Gasteiger partial charge in [0.15, 0.2) is 0 Å². The van der Waals surface area contributed by atoms with E-state index in [1.54, 1.807) is 30.3 Å². The molecule has 1 atom stereocenters. The maximum absolute atomic E-state index is 12.1. The van der Waals surface area contributed by atoms with Crippen LogP contribution in [-0.4, -0.2) is 25.3 Å². The van der Waals surface area contributed by atoms with Crippen LogP contribution < -0.4 is 15.4 Å². The second-order valence-electron chi connectivity index (χ2n) is 5.53. The third kappa shape index (κ3) is 4.63. The molecule has 2 amide bonds. The topological polar surface area (TPSA) is 59.6 Å². The standard InChI is InChI=1S/C18H19ClN2O3/c19-13-7-9-14(10-8-13)20-18(22)21-16-5-1-2-6-17(16)24-12-15-4-3-11-23-15/h1-2,5-10,15H,3-4,11-12H2,(H2,20,21,22). The molecule has 0 spiro atoms. The van der Waals surface area contributed by atoms with Crippen LogP contribution in [0.4, 0.5) is 16.2 Å². The van der Waals surface area contributed by atoms with Crippen LogP contribution in [0.15, 0.2) is 48.5 Å². The van der Waals surface area contributed by atoms with Gasteiger partial charge in [-0.25, -0.2) is 4.79 Å². The number of amides is 2. The van der Waals surface area contributed by atoms with Gasteiger partial charge in [-0.3, -0.25) is 0 Å². The highest BCUT2D eigenvalue weighted by molar-refractivity contribution is 6.30. The lowest BCUT2D eigenvalue weighted by Gasteiger charge is -2.15. The smallest absolute Gasteiger partial charge is 0.323 e. The van der Waals surface area contributed by atoms with Gasteiger partial charge in [-0.05, 0) is 49.2 Å². The Labute approximate surface area is 145 Å². The summed E-state index contributed by atoms with van der Waals surface area (Å²) in [6.07, 6.45) is 2.20. The number of para-hydroxylation sites is 2. The van der Waals surface area contributed by atoms with Crippen LogP contribution in [0, 0.1) is 0 Å². The Bertz CT molecular complexity index is 685. The molecule has 126 valence electrons. The first-order valence-corrected chi connectivity index (χ1v) is 8.25. The van der Waals surface area contributed by atoms with Crippen molar-refractivity contribution in [3.05, 3.63) is 53.6 Å². The first kappa shape index (κ1) is 16.6. The number of carbonyl (C=O) groups excluding carboxylic acids is 1. The summed E-state index contributed by atoms with van der Waals surface area (Å²) in [7, 11) is 0. The predicted octanol–water partition coefficient (Wildman–Crippen LogP) is 4.54. The van der Waals surface area contributed by atoms with Crippen LogP contribution in [0.25, 0.3) is 0 Å². The molecule has 0 aliphatic carbocycles. The maximum atomic E-state index is 12.1. The molecule has 1 aliphatic rings. The van der Waals surface area contributed by atoms with Gasteiger partial charge in [0.25, 0.3) is 0 Å². The first-order valence-electron chi connectivity index (χ1n) is 7.88. The zero-order chi connectivity index (χ0) is 16.8. The minimum absolute atomic E-state index is 0.126. The molecule has 1 heterocycles. The van der Waals surface area contributed by atoms with Crippen molar-refractivity contribution >= 4 is 29.0 Å². The zero-order valence-electron chi connectivity index (χ0n) is 13.1. The molecule has 0 aromatic heterocycles. The number of nitrogens with one attached hydrogen (secondary N) is 2. The fraction of sp³-hybridized carbons (Fsp3) is 0.278. The lowest BCUT2D eigenvalue weighted by Crippen LogP contribution is -2.21. The lowest BCUT2D eigenvalue weighted by molar-refractivity contribution is 0.0682. The van der Waals surface area contributed by atoms with Crippen molar-refractivity contribution in [3.63, 3.8) is 0 Å². The second-order valence-corrected chi connectivity index (χ2v) is 5.96. The quantitative estimate of drug-likeness (QED) is 0.835. The Balaban J connectivity index is 1.59. The molecule has 2 N–H and O–H groups in total. The number of hydrogen-bond donors (Lipinski definition) is 2. The molecule has 1 unspecified atom stereocenters. The van der Waals surface area contributed by atoms with Gasteiger partial charge in [-0.2, -0.15) is 0 Å². The Morgan fingerprint density at radius 1 is 1.17 bits per heavy atom.